The van der Waals surface area contributed by atoms with Crippen molar-refractivity contribution in [3.63, 3.8) is 0 Å². The number of benzene rings is 1. The van der Waals surface area contributed by atoms with Crippen molar-refractivity contribution in [3.05, 3.63) is 29.0 Å². The highest BCUT2D eigenvalue weighted by Gasteiger charge is 2.15. The molecule has 2 unspecified atom stereocenters. The van der Waals surface area contributed by atoms with Crippen LogP contribution in [0.15, 0.2) is 18.2 Å². The number of nitrogens with one attached hydrogen (secondary N) is 2. The molecule has 1 amide bonds. The molecular formula is C13H18ClFN2O. The van der Waals surface area contributed by atoms with E-state index in [4.69, 9.17) is 11.6 Å². The molecular weight excluding hydrogens is 255 g/mol. The zero-order chi connectivity index (χ0) is 13.7. The molecule has 0 fully saturated rings. The fraction of sp³-hybridized carbons (Fsp3) is 0.462. The Morgan fingerprint density at radius 2 is 2.11 bits per heavy atom. The van der Waals surface area contributed by atoms with Gasteiger partial charge in [0.1, 0.15) is 11.9 Å². The third kappa shape index (κ3) is 4.18. The third-order valence-electron chi connectivity index (χ3n) is 2.69. The molecule has 1 rings (SSSR count). The van der Waals surface area contributed by atoms with Crippen LogP contribution >= 0.6 is 11.6 Å². The fourth-order valence-electron chi connectivity index (χ4n) is 1.38. The molecule has 0 bridgehead atoms. The van der Waals surface area contributed by atoms with E-state index in [0.717, 1.165) is 6.42 Å². The lowest BCUT2D eigenvalue weighted by atomic mass is 10.2. The van der Waals surface area contributed by atoms with Crippen molar-refractivity contribution in [3.8, 4) is 0 Å². The van der Waals surface area contributed by atoms with Gasteiger partial charge in [0.05, 0.1) is 10.7 Å². The number of carbonyl (C=O) groups excluding carboxylic acids is 1. The molecule has 0 aromatic heterocycles. The van der Waals surface area contributed by atoms with Crippen LogP contribution in [-0.4, -0.2) is 18.0 Å². The molecule has 0 aliphatic rings. The van der Waals surface area contributed by atoms with E-state index in [1.54, 1.807) is 6.92 Å². The van der Waals surface area contributed by atoms with Crippen LogP contribution in [-0.2, 0) is 4.79 Å². The molecule has 0 radical (unpaired) electrons. The first-order valence-electron chi connectivity index (χ1n) is 5.96. The summed E-state index contributed by atoms with van der Waals surface area (Å²) in [6.45, 7) is 5.63. The van der Waals surface area contributed by atoms with Gasteiger partial charge < -0.3 is 10.6 Å². The van der Waals surface area contributed by atoms with E-state index in [2.05, 4.69) is 10.6 Å². The Balaban J connectivity index is 2.66. The number of hydrogen-bond donors (Lipinski definition) is 2. The monoisotopic (exact) mass is 272 g/mol. The fourth-order valence-corrected chi connectivity index (χ4v) is 1.55. The predicted octanol–water partition coefficient (Wildman–Crippen LogP) is 3.19. The van der Waals surface area contributed by atoms with Gasteiger partial charge in [0.25, 0.3) is 0 Å². The van der Waals surface area contributed by atoms with E-state index < -0.39 is 11.9 Å². The molecule has 3 nitrogen and oxygen atoms in total. The van der Waals surface area contributed by atoms with E-state index in [0.29, 0.717) is 10.7 Å². The molecule has 0 aliphatic carbocycles. The number of anilines is 1. The van der Waals surface area contributed by atoms with Crippen molar-refractivity contribution in [2.75, 3.05) is 5.32 Å². The molecule has 0 aliphatic heterocycles. The van der Waals surface area contributed by atoms with Crippen LogP contribution in [0.25, 0.3) is 0 Å². The van der Waals surface area contributed by atoms with Crippen LogP contribution in [0.5, 0.6) is 0 Å². The summed E-state index contributed by atoms with van der Waals surface area (Å²) < 4.78 is 13.1. The van der Waals surface area contributed by atoms with Gasteiger partial charge in [0.15, 0.2) is 0 Å². The lowest BCUT2D eigenvalue weighted by Gasteiger charge is -2.19. The highest BCUT2D eigenvalue weighted by Crippen LogP contribution is 2.23. The van der Waals surface area contributed by atoms with Gasteiger partial charge in [-0.25, -0.2) is 4.39 Å². The van der Waals surface area contributed by atoms with E-state index in [9.17, 15) is 9.18 Å². The standard InChI is InChI=1S/C13H18ClFN2O/c1-4-8(2)16-13(18)9(3)17-12-7-10(15)5-6-11(12)14/h5-9,17H,4H2,1-3H3,(H,16,18). The first kappa shape index (κ1) is 14.8. The lowest BCUT2D eigenvalue weighted by Crippen LogP contribution is -2.41. The van der Waals surface area contributed by atoms with E-state index in [1.807, 2.05) is 13.8 Å². The first-order chi connectivity index (χ1) is 8.43. The molecule has 100 valence electrons. The second-order valence-electron chi connectivity index (χ2n) is 4.31. The average Bonchev–Trinajstić information content (AvgIpc) is 2.33. The van der Waals surface area contributed by atoms with Crippen LogP contribution in [0.4, 0.5) is 10.1 Å². The highest BCUT2D eigenvalue weighted by atomic mass is 35.5. The maximum atomic E-state index is 13.1. The molecule has 1 aromatic carbocycles. The molecule has 2 N–H and O–H groups in total. The van der Waals surface area contributed by atoms with Crippen molar-refractivity contribution in [2.45, 2.75) is 39.3 Å². The van der Waals surface area contributed by atoms with Gasteiger partial charge in [-0.1, -0.05) is 18.5 Å². The molecule has 5 heteroatoms. The minimum Gasteiger partial charge on any atom is -0.373 e. The van der Waals surface area contributed by atoms with Crippen LogP contribution in [0.2, 0.25) is 5.02 Å². The van der Waals surface area contributed by atoms with Crippen LogP contribution in [0, 0.1) is 5.82 Å². The second-order valence-corrected chi connectivity index (χ2v) is 4.72. The zero-order valence-corrected chi connectivity index (χ0v) is 11.5. The summed E-state index contributed by atoms with van der Waals surface area (Å²) in [5.74, 6) is -0.527. The minimum atomic E-state index is -0.474. The highest BCUT2D eigenvalue weighted by molar-refractivity contribution is 6.33. The van der Waals surface area contributed by atoms with Crippen molar-refractivity contribution in [1.82, 2.24) is 5.32 Å². The van der Waals surface area contributed by atoms with Crippen LogP contribution < -0.4 is 10.6 Å². The molecule has 0 saturated heterocycles. The second kappa shape index (κ2) is 6.59. The van der Waals surface area contributed by atoms with Gasteiger partial charge in [-0.3, -0.25) is 4.79 Å². The maximum Gasteiger partial charge on any atom is 0.242 e. The number of hydrogen-bond acceptors (Lipinski definition) is 2. The Morgan fingerprint density at radius 3 is 2.72 bits per heavy atom. The number of halogens is 2. The molecule has 1 aromatic rings. The predicted molar refractivity (Wildman–Crippen MR) is 72.4 cm³/mol. The Kier molecular flexibility index (Phi) is 5.41. The van der Waals surface area contributed by atoms with Crippen molar-refractivity contribution in [2.24, 2.45) is 0 Å². The number of carbonyl (C=O) groups is 1. The van der Waals surface area contributed by atoms with Gasteiger partial charge in [-0.05, 0) is 38.5 Å². The SMILES string of the molecule is CCC(C)NC(=O)C(C)Nc1cc(F)ccc1Cl. The Hall–Kier alpha value is -1.29. The molecule has 2 atom stereocenters. The van der Waals surface area contributed by atoms with E-state index in [1.165, 1.54) is 18.2 Å². The van der Waals surface area contributed by atoms with Gasteiger partial charge in [-0.2, -0.15) is 0 Å². The Labute approximate surface area is 112 Å². The van der Waals surface area contributed by atoms with Gasteiger partial charge in [0, 0.05) is 6.04 Å². The topological polar surface area (TPSA) is 41.1 Å². The summed E-state index contributed by atoms with van der Waals surface area (Å²) in [6, 6.07) is 3.65. The van der Waals surface area contributed by atoms with Gasteiger partial charge in [0.2, 0.25) is 5.91 Å². The first-order valence-corrected chi connectivity index (χ1v) is 6.33. The molecule has 0 spiro atoms. The third-order valence-corrected chi connectivity index (χ3v) is 3.02. The van der Waals surface area contributed by atoms with Gasteiger partial charge >= 0.3 is 0 Å². The summed E-state index contributed by atoms with van der Waals surface area (Å²) >= 11 is 5.92. The van der Waals surface area contributed by atoms with Gasteiger partial charge in [-0.15, -0.1) is 0 Å². The molecule has 0 heterocycles. The van der Waals surface area contributed by atoms with Crippen molar-refractivity contribution >= 4 is 23.2 Å². The van der Waals surface area contributed by atoms with Crippen molar-refractivity contribution in [1.29, 1.82) is 0 Å². The Bertz CT molecular complexity index is 425. The maximum absolute atomic E-state index is 13.1. The quantitative estimate of drug-likeness (QED) is 0.864. The Morgan fingerprint density at radius 1 is 1.44 bits per heavy atom. The normalized spacial score (nSPS) is 13.8. The van der Waals surface area contributed by atoms with Crippen LogP contribution in [0.3, 0.4) is 0 Å². The van der Waals surface area contributed by atoms with E-state index in [-0.39, 0.29) is 11.9 Å². The zero-order valence-electron chi connectivity index (χ0n) is 10.8. The van der Waals surface area contributed by atoms with E-state index >= 15 is 0 Å². The summed E-state index contributed by atoms with van der Waals surface area (Å²) in [6.07, 6.45) is 0.860. The lowest BCUT2D eigenvalue weighted by molar-refractivity contribution is -0.122. The summed E-state index contributed by atoms with van der Waals surface area (Å²) in [5, 5.41) is 6.13. The number of amides is 1. The molecule has 18 heavy (non-hydrogen) atoms. The van der Waals surface area contributed by atoms with Crippen molar-refractivity contribution < 1.29 is 9.18 Å². The summed E-state index contributed by atoms with van der Waals surface area (Å²) in [7, 11) is 0. The minimum absolute atomic E-state index is 0.115. The average molecular weight is 273 g/mol. The summed E-state index contributed by atoms with van der Waals surface area (Å²) in [5.41, 5.74) is 0.420. The largest absolute Gasteiger partial charge is 0.373 e. The number of rotatable bonds is 5. The smallest absolute Gasteiger partial charge is 0.242 e. The van der Waals surface area contributed by atoms with Crippen LogP contribution in [0.1, 0.15) is 27.2 Å². The molecule has 0 saturated carbocycles. The summed E-state index contributed by atoms with van der Waals surface area (Å²) in [4.78, 5) is 11.8.